The molecule has 1 fully saturated rings. The average Bonchev–Trinajstić information content (AvgIpc) is 3.44. The maximum absolute atomic E-state index is 14.6. The van der Waals surface area contributed by atoms with Crippen molar-refractivity contribution >= 4 is 34.4 Å². The van der Waals surface area contributed by atoms with E-state index in [-0.39, 0.29) is 5.82 Å². The second kappa shape index (κ2) is 6.45. The summed E-state index contributed by atoms with van der Waals surface area (Å²) in [5.41, 5.74) is 8.32. The number of aromatic nitrogens is 4. The minimum absolute atomic E-state index is 0.341. The summed E-state index contributed by atoms with van der Waals surface area (Å²) in [6.45, 7) is 0. The van der Waals surface area contributed by atoms with Gasteiger partial charge in [-0.25, -0.2) is 14.1 Å². The fourth-order valence-corrected chi connectivity index (χ4v) is 3.24. The molecule has 0 radical (unpaired) electrons. The molecular formula is C20H16ClFN6. The zero-order valence-electron chi connectivity index (χ0n) is 14.7. The summed E-state index contributed by atoms with van der Waals surface area (Å²) in [6, 6.07) is 14.0. The van der Waals surface area contributed by atoms with Crippen LogP contribution in [0.5, 0.6) is 0 Å². The van der Waals surface area contributed by atoms with Gasteiger partial charge in [0.1, 0.15) is 11.6 Å². The van der Waals surface area contributed by atoms with Crippen molar-refractivity contribution in [3.05, 3.63) is 59.4 Å². The number of hydrogen-bond donors (Lipinski definition) is 2. The third kappa shape index (κ3) is 2.93. The van der Waals surface area contributed by atoms with Gasteiger partial charge in [0.2, 0.25) is 5.95 Å². The number of nitrogen functional groups attached to an aromatic ring is 1. The topological polar surface area (TPSA) is 81.7 Å². The first kappa shape index (κ1) is 16.9. The molecule has 8 heteroatoms. The molecule has 1 saturated carbocycles. The molecule has 0 amide bonds. The Balaban J connectivity index is 1.76. The van der Waals surface area contributed by atoms with Crippen molar-refractivity contribution in [1.29, 1.82) is 0 Å². The summed E-state index contributed by atoms with van der Waals surface area (Å²) < 4.78 is 16.1. The van der Waals surface area contributed by atoms with Crippen molar-refractivity contribution < 1.29 is 4.39 Å². The Morgan fingerprint density at radius 2 is 1.82 bits per heavy atom. The van der Waals surface area contributed by atoms with Gasteiger partial charge in [0.15, 0.2) is 5.65 Å². The molecule has 0 atom stereocenters. The Kier molecular flexibility index (Phi) is 3.91. The van der Waals surface area contributed by atoms with Gasteiger partial charge in [-0.1, -0.05) is 23.7 Å². The summed E-state index contributed by atoms with van der Waals surface area (Å²) in [5.74, 6) is 0.390. The number of anilines is 2. The van der Waals surface area contributed by atoms with Gasteiger partial charge < -0.3 is 11.1 Å². The first-order chi connectivity index (χ1) is 13.6. The Bertz CT molecular complexity index is 1180. The third-order valence-electron chi connectivity index (χ3n) is 4.68. The molecule has 140 valence electrons. The van der Waals surface area contributed by atoms with Crippen LogP contribution in [-0.2, 0) is 0 Å². The molecule has 2 aromatic heterocycles. The van der Waals surface area contributed by atoms with Crippen LogP contribution in [0.25, 0.3) is 28.0 Å². The maximum atomic E-state index is 14.6. The van der Waals surface area contributed by atoms with Crippen LogP contribution in [0.2, 0.25) is 5.02 Å². The van der Waals surface area contributed by atoms with Crippen LogP contribution in [0.1, 0.15) is 12.8 Å². The first-order valence-corrected chi connectivity index (χ1v) is 9.31. The zero-order valence-corrected chi connectivity index (χ0v) is 15.5. The van der Waals surface area contributed by atoms with Gasteiger partial charge in [-0.05, 0) is 49.2 Å². The Morgan fingerprint density at radius 1 is 1.07 bits per heavy atom. The van der Waals surface area contributed by atoms with Gasteiger partial charge in [0, 0.05) is 16.6 Å². The molecule has 2 aromatic carbocycles. The SMILES string of the molecule is Nc1c2c(-c3ccccc3F)nc(NC3CC3)nc2nn1-c1ccc(Cl)cc1. The molecule has 1 aliphatic rings. The van der Waals surface area contributed by atoms with E-state index in [4.69, 9.17) is 17.3 Å². The fraction of sp³-hybridized carbons (Fsp3) is 0.150. The highest BCUT2D eigenvalue weighted by Crippen LogP contribution is 2.35. The van der Waals surface area contributed by atoms with Crippen LogP contribution in [0.3, 0.4) is 0 Å². The number of nitrogens with one attached hydrogen (secondary N) is 1. The fourth-order valence-electron chi connectivity index (χ4n) is 3.11. The molecule has 1 aliphatic carbocycles. The van der Waals surface area contributed by atoms with Crippen molar-refractivity contribution in [3.8, 4) is 16.9 Å². The second-order valence-electron chi connectivity index (χ2n) is 6.77. The average molecular weight is 395 g/mol. The predicted molar refractivity (Wildman–Crippen MR) is 108 cm³/mol. The molecule has 0 aliphatic heterocycles. The predicted octanol–water partition coefficient (Wildman–Crippen LogP) is 4.43. The molecule has 2 heterocycles. The number of nitrogens with two attached hydrogens (primary N) is 1. The molecule has 4 aromatic rings. The zero-order chi connectivity index (χ0) is 19.3. The standard InChI is InChI=1S/C20H16ClFN6/c21-11-5-9-13(10-6-11)28-18(23)16-17(14-3-1-2-4-15(14)22)25-20(24-12-7-8-12)26-19(16)27-28/h1-6,9-10,12H,7-8,23H2,(H,24,26,27). The Morgan fingerprint density at radius 3 is 2.54 bits per heavy atom. The molecule has 6 nitrogen and oxygen atoms in total. The van der Waals surface area contributed by atoms with Gasteiger partial charge >= 0.3 is 0 Å². The van der Waals surface area contributed by atoms with Gasteiger partial charge in [-0.2, -0.15) is 4.98 Å². The molecule has 0 saturated heterocycles. The van der Waals surface area contributed by atoms with Crippen LogP contribution in [0.15, 0.2) is 48.5 Å². The lowest BCUT2D eigenvalue weighted by atomic mass is 10.1. The van der Waals surface area contributed by atoms with E-state index in [1.807, 2.05) is 12.1 Å². The highest BCUT2D eigenvalue weighted by molar-refractivity contribution is 6.30. The van der Waals surface area contributed by atoms with Gasteiger partial charge in [-0.15, -0.1) is 5.10 Å². The summed E-state index contributed by atoms with van der Waals surface area (Å²) in [5, 5.41) is 8.94. The molecule has 0 unspecified atom stereocenters. The van der Waals surface area contributed by atoms with E-state index in [2.05, 4.69) is 20.4 Å². The van der Waals surface area contributed by atoms with Gasteiger partial charge in [0.05, 0.1) is 16.8 Å². The van der Waals surface area contributed by atoms with Gasteiger partial charge in [0.25, 0.3) is 0 Å². The molecule has 28 heavy (non-hydrogen) atoms. The largest absolute Gasteiger partial charge is 0.383 e. The molecule has 5 rings (SSSR count). The first-order valence-electron chi connectivity index (χ1n) is 8.94. The Labute approximate surface area is 165 Å². The van der Waals surface area contributed by atoms with Crippen LogP contribution < -0.4 is 11.1 Å². The lowest BCUT2D eigenvalue weighted by Gasteiger charge is -2.08. The highest BCUT2D eigenvalue weighted by Gasteiger charge is 2.25. The van der Waals surface area contributed by atoms with Crippen molar-refractivity contribution in [1.82, 2.24) is 19.7 Å². The number of nitrogens with zero attached hydrogens (tertiary/aromatic N) is 4. The van der Waals surface area contributed by atoms with Crippen molar-refractivity contribution in [2.45, 2.75) is 18.9 Å². The number of benzene rings is 2. The lowest BCUT2D eigenvalue weighted by Crippen LogP contribution is -2.06. The maximum Gasteiger partial charge on any atom is 0.225 e. The summed E-state index contributed by atoms with van der Waals surface area (Å²) >= 11 is 5.98. The van der Waals surface area contributed by atoms with Gasteiger partial charge in [-0.3, -0.25) is 0 Å². The minimum atomic E-state index is -0.376. The molecular weight excluding hydrogens is 379 g/mol. The minimum Gasteiger partial charge on any atom is -0.383 e. The van der Waals surface area contributed by atoms with Crippen LogP contribution >= 0.6 is 11.6 Å². The molecule has 3 N–H and O–H groups in total. The number of fused-ring (bicyclic) bond motifs is 1. The lowest BCUT2D eigenvalue weighted by molar-refractivity contribution is 0.631. The summed E-state index contributed by atoms with van der Waals surface area (Å²) in [4.78, 5) is 9.09. The quantitative estimate of drug-likeness (QED) is 0.535. The van der Waals surface area contributed by atoms with Crippen molar-refractivity contribution in [2.24, 2.45) is 0 Å². The highest BCUT2D eigenvalue weighted by atomic mass is 35.5. The van der Waals surface area contributed by atoms with Crippen LogP contribution in [0, 0.1) is 5.82 Å². The van der Waals surface area contributed by atoms with E-state index in [1.165, 1.54) is 6.07 Å². The van der Waals surface area contributed by atoms with Crippen LogP contribution in [0.4, 0.5) is 16.2 Å². The van der Waals surface area contributed by atoms with E-state index in [0.717, 1.165) is 18.5 Å². The van der Waals surface area contributed by atoms with Crippen LogP contribution in [-0.4, -0.2) is 25.8 Å². The molecule has 0 bridgehead atoms. The number of halogens is 2. The van der Waals surface area contributed by atoms with E-state index < -0.39 is 0 Å². The van der Waals surface area contributed by atoms with Crippen molar-refractivity contribution in [3.63, 3.8) is 0 Å². The second-order valence-corrected chi connectivity index (χ2v) is 7.20. The van der Waals surface area contributed by atoms with E-state index >= 15 is 0 Å². The summed E-state index contributed by atoms with van der Waals surface area (Å²) in [7, 11) is 0. The normalized spacial score (nSPS) is 13.8. The number of hydrogen-bond acceptors (Lipinski definition) is 5. The molecule has 0 spiro atoms. The number of rotatable bonds is 4. The summed E-state index contributed by atoms with van der Waals surface area (Å²) in [6.07, 6.45) is 2.13. The van der Waals surface area contributed by atoms with E-state index in [9.17, 15) is 4.39 Å². The monoisotopic (exact) mass is 394 g/mol. The van der Waals surface area contributed by atoms with Crippen molar-refractivity contribution in [2.75, 3.05) is 11.1 Å². The third-order valence-corrected chi connectivity index (χ3v) is 4.93. The van der Waals surface area contributed by atoms with E-state index in [1.54, 1.807) is 35.0 Å². The van der Waals surface area contributed by atoms with E-state index in [0.29, 0.717) is 45.1 Å². The smallest absolute Gasteiger partial charge is 0.225 e. The Hall–Kier alpha value is -3.19.